The summed E-state index contributed by atoms with van der Waals surface area (Å²) in [6.07, 6.45) is -3.07. The molecule has 2 fully saturated rings. The zero-order valence-corrected chi connectivity index (χ0v) is 18.1. The number of carboxylic acid groups (broad SMARTS) is 1. The maximum Gasteiger partial charge on any atom is 0.490 e. The number of hydrogen-bond donors (Lipinski definition) is 1. The SMILES string of the molecule is COCCN1C(=O)[C@]2(CC[C@@H]3CN(Cc4ccccc4)C[C@@H]32)N=C1C.O=C(O)C(F)(F)F. The molecule has 7 nitrogen and oxygen atoms in total. The Hall–Kier alpha value is -2.46. The third-order valence-electron chi connectivity index (χ3n) is 6.40. The molecule has 2 heterocycles. The molecule has 176 valence electrons. The fourth-order valence-electron chi connectivity index (χ4n) is 4.98. The van der Waals surface area contributed by atoms with Crippen LogP contribution in [0.2, 0.25) is 0 Å². The fourth-order valence-corrected chi connectivity index (χ4v) is 4.98. The van der Waals surface area contributed by atoms with Gasteiger partial charge >= 0.3 is 12.1 Å². The van der Waals surface area contributed by atoms with Crippen LogP contribution in [0.1, 0.15) is 25.3 Å². The number of aliphatic carboxylic acids is 1. The summed E-state index contributed by atoms with van der Waals surface area (Å²) in [6.45, 7) is 6.16. The number of benzene rings is 1. The Morgan fingerprint density at radius 1 is 1.28 bits per heavy atom. The lowest BCUT2D eigenvalue weighted by atomic mass is 9.85. The molecule has 10 heteroatoms. The molecule has 3 atom stereocenters. The van der Waals surface area contributed by atoms with E-state index in [0.717, 1.165) is 38.3 Å². The van der Waals surface area contributed by atoms with E-state index < -0.39 is 17.7 Å². The van der Waals surface area contributed by atoms with Crippen LogP contribution in [0.4, 0.5) is 13.2 Å². The maximum absolute atomic E-state index is 13.2. The van der Waals surface area contributed by atoms with E-state index in [0.29, 0.717) is 25.0 Å². The lowest BCUT2D eigenvalue weighted by molar-refractivity contribution is -0.192. The number of carboxylic acids is 1. The van der Waals surface area contributed by atoms with E-state index >= 15 is 0 Å². The number of amidine groups is 1. The van der Waals surface area contributed by atoms with Crippen LogP contribution in [0.15, 0.2) is 35.3 Å². The van der Waals surface area contributed by atoms with Crippen LogP contribution in [0.3, 0.4) is 0 Å². The number of hydrogen-bond acceptors (Lipinski definition) is 5. The Balaban J connectivity index is 0.000000360. The van der Waals surface area contributed by atoms with E-state index in [4.69, 9.17) is 19.6 Å². The Kier molecular flexibility index (Phi) is 7.24. The first kappa shape index (κ1) is 24.2. The number of carbonyl (C=O) groups is 2. The summed E-state index contributed by atoms with van der Waals surface area (Å²) < 4.78 is 36.9. The molecule has 3 aliphatic rings. The number of carbonyl (C=O) groups excluding carboxylic acids is 1. The highest BCUT2D eigenvalue weighted by Gasteiger charge is 2.60. The predicted molar refractivity (Wildman–Crippen MR) is 111 cm³/mol. The molecule has 1 aliphatic carbocycles. The molecule has 0 unspecified atom stereocenters. The van der Waals surface area contributed by atoms with Crippen molar-refractivity contribution in [3.63, 3.8) is 0 Å². The van der Waals surface area contributed by atoms with Gasteiger partial charge in [0.25, 0.3) is 5.91 Å². The van der Waals surface area contributed by atoms with Gasteiger partial charge in [-0.2, -0.15) is 13.2 Å². The highest BCUT2D eigenvalue weighted by atomic mass is 19.4. The molecule has 1 saturated heterocycles. The summed E-state index contributed by atoms with van der Waals surface area (Å²) in [4.78, 5) is 31.4. The Morgan fingerprint density at radius 2 is 1.94 bits per heavy atom. The summed E-state index contributed by atoms with van der Waals surface area (Å²) in [7, 11) is 1.67. The largest absolute Gasteiger partial charge is 0.490 e. The first-order valence-corrected chi connectivity index (χ1v) is 10.5. The molecule has 0 radical (unpaired) electrons. The second kappa shape index (κ2) is 9.58. The summed E-state index contributed by atoms with van der Waals surface area (Å²) in [5, 5.41) is 7.12. The van der Waals surface area contributed by atoms with Gasteiger partial charge in [-0.3, -0.25) is 19.6 Å². The van der Waals surface area contributed by atoms with Crippen LogP contribution < -0.4 is 0 Å². The van der Waals surface area contributed by atoms with Gasteiger partial charge in [0.2, 0.25) is 0 Å². The van der Waals surface area contributed by atoms with Gasteiger partial charge in [-0.1, -0.05) is 30.3 Å². The van der Waals surface area contributed by atoms with Gasteiger partial charge in [-0.25, -0.2) is 4.79 Å². The lowest BCUT2D eigenvalue weighted by Gasteiger charge is -2.28. The van der Waals surface area contributed by atoms with Crippen molar-refractivity contribution in [3.05, 3.63) is 35.9 Å². The fraction of sp³-hybridized carbons (Fsp3) is 0.591. The molecule has 32 heavy (non-hydrogen) atoms. The number of halogens is 3. The number of nitrogens with zero attached hydrogens (tertiary/aromatic N) is 3. The molecular weight excluding hydrogens is 427 g/mol. The number of aliphatic imine (C=N–C) groups is 1. The third kappa shape index (κ3) is 4.96. The summed E-state index contributed by atoms with van der Waals surface area (Å²) in [6, 6.07) is 10.6. The van der Waals surface area contributed by atoms with E-state index in [9.17, 15) is 18.0 Å². The molecule has 1 saturated carbocycles. The zero-order valence-electron chi connectivity index (χ0n) is 18.1. The molecule has 1 N–H and O–H groups in total. The molecule has 1 spiro atoms. The highest BCUT2D eigenvalue weighted by Crippen LogP contribution is 2.50. The van der Waals surface area contributed by atoms with Crippen LogP contribution in [0.5, 0.6) is 0 Å². The number of amides is 1. The minimum atomic E-state index is -5.08. The average Bonchev–Trinajstić information content (AvgIpc) is 3.35. The van der Waals surface area contributed by atoms with Crippen molar-refractivity contribution in [1.82, 2.24) is 9.80 Å². The number of likely N-dealkylation sites (tertiary alicyclic amines) is 1. The standard InChI is InChI=1S/C20H27N3O2.C2HF3O2/c1-15-21-20(19(24)23(15)10-11-25-2)9-8-17-13-22(14-18(17)20)12-16-6-4-3-5-7-16;3-2(4,5)1(6)7/h3-7,17-18H,8-14H2,1-2H3;(H,6,7)/t17-,18+,20-;/m1./s1. The molecule has 1 aromatic rings. The molecule has 1 amide bonds. The normalized spacial score (nSPS) is 27.3. The zero-order chi connectivity index (χ0) is 23.5. The van der Waals surface area contributed by atoms with Gasteiger partial charge in [0.05, 0.1) is 13.2 Å². The Bertz CT molecular complexity index is 862. The van der Waals surface area contributed by atoms with Crippen LogP contribution in [0.25, 0.3) is 0 Å². The molecule has 0 aromatic heterocycles. The van der Waals surface area contributed by atoms with Crippen LogP contribution in [0, 0.1) is 11.8 Å². The second-order valence-corrected chi connectivity index (χ2v) is 8.42. The maximum atomic E-state index is 13.2. The van der Waals surface area contributed by atoms with Gasteiger partial charge in [0, 0.05) is 32.7 Å². The van der Waals surface area contributed by atoms with Crippen LogP contribution >= 0.6 is 0 Å². The van der Waals surface area contributed by atoms with E-state index in [1.54, 1.807) is 7.11 Å². The summed E-state index contributed by atoms with van der Waals surface area (Å²) >= 11 is 0. The first-order chi connectivity index (χ1) is 15.1. The molecular formula is C22H28F3N3O4. The third-order valence-corrected chi connectivity index (χ3v) is 6.40. The van der Waals surface area contributed by atoms with Crippen molar-refractivity contribution >= 4 is 17.7 Å². The minimum Gasteiger partial charge on any atom is -0.475 e. The van der Waals surface area contributed by atoms with Crippen molar-refractivity contribution < 1.29 is 32.6 Å². The summed E-state index contributed by atoms with van der Waals surface area (Å²) in [5.74, 6) is -0.745. The van der Waals surface area contributed by atoms with E-state index in [1.165, 1.54) is 5.56 Å². The predicted octanol–water partition coefficient (Wildman–Crippen LogP) is 2.81. The smallest absolute Gasteiger partial charge is 0.475 e. The van der Waals surface area contributed by atoms with Crippen molar-refractivity contribution in [1.29, 1.82) is 0 Å². The molecule has 4 rings (SSSR count). The first-order valence-electron chi connectivity index (χ1n) is 10.5. The van der Waals surface area contributed by atoms with Crippen molar-refractivity contribution in [2.24, 2.45) is 16.8 Å². The molecule has 0 bridgehead atoms. The number of fused-ring (bicyclic) bond motifs is 2. The van der Waals surface area contributed by atoms with Crippen LogP contribution in [-0.2, 0) is 20.9 Å². The summed E-state index contributed by atoms with van der Waals surface area (Å²) in [5.41, 5.74) is 0.837. The van der Waals surface area contributed by atoms with Gasteiger partial charge in [0.1, 0.15) is 11.4 Å². The number of rotatable bonds is 5. The van der Waals surface area contributed by atoms with Crippen molar-refractivity contribution in [2.75, 3.05) is 33.4 Å². The Labute approximate surface area is 184 Å². The van der Waals surface area contributed by atoms with Gasteiger partial charge < -0.3 is 9.84 Å². The highest BCUT2D eigenvalue weighted by molar-refractivity contribution is 6.07. The number of alkyl halides is 3. The van der Waals surface area contributed by atoms with Gasteiger partial charge in [0.15, 0.2) is 0 Å². The van der Waals surface area contributed by atoms with Crippen LogP contribution in [-0.4, -0.2) is 77.7 Å². The van der Waals surface area contributed by atoms with E-state index in [2.05, 4.69) is 35.2 Å². The monoisotopic (exact) mass is 455 g/mol. The number of methoxy groups -OCH3 is 1. The topological polar surface area (TPSA) is 82.4 Å². The Morgan fingerprint density at radius 3 is 2.53 bits per heavy atom. The minimum absolute atomic E-state index is 0.205. The van der Waals surface area contributed by atoms with E-state index in [-0.39, 0.29) is 5.91 Å². The number of ether oxygens (including phenoxy) is 1. The second-order valence-electron chi connectivity index (χ2n) is 8.42. The lowest BCUT2D eigenvalue weighted by Crippen LogP contribution is -2.47. The van der Waals surface area contributed by atoms with Crippen molar-refractivity contribution in [3.8, 4) is 0 Å². The van der Waals surface area contributed by atoms with E-state index in [1.807, 2.05) is 11.8 Å². The molecule has 2 aliphatic heterocycles. The average molecular weight is 455 g/mol. The quantitative estimate of drug-likeness (QED) is 0.739. The van der Waals surface area contributed by atoms with Gasteiger partial charge in [-0.05, 0) is 31.2 Å². The molecule has 1 aromatic carbocycles. The van der Waals surface area contributed by atoms with Crippen molar-refractivity contribution in [2.45, 2.75) is 38.0 Å². The van der Waals surface area contributed by atoms with Gasteiger partial charge in [-0.15, -0.1) is 0 Å².